The van der Waals surface area contributed by atoms with Crippen LogP contribution in [0.15, 0.2) is 42.9 Å². The summed E-state index contributed by atoms with van der Waals surface area (Å²) < 4.78 is 5.51. The minimum atomic E-state index is 0.344. The zero-order valence-electron chi connectivity index (χ0n) is 13.9. The fourth-order valence-electron chi connectivity index (χ4n) is 3.47. The first-order valence-corrected chi connectivity index (χ1v) is 8.20. The molecule has 1 N–H and O–H groups in total. The second-order valence-corrected chi connectivity index (χ2v) is 6.10. The van der Waals surface area contributed by atoms with Crippen LogP contribution in [0, 0.1) is 0 Å². The van der Waals surface area contributed by atoms with E-state index in [1.807, 2.05) is 24.4 Å². The molecular formula is C18H21N5O. The van der Waals surface area contributed by atoms with Gasteiger partial charge in [0, 0.05) is 31.9 Å². The summed E-state index contributed by atoms with van der Waals surface area (Å²) in [5.41, 5.74) is 2.04. The molecule has 0 spiro atoms. The fraction of sp³-hybridized carbons (Fsp3) is 0.333. The second-order valence-electron chi connectivity index (χ2n) is 6.10. The highest BCUT2D eigenvalue weighted by atomic mass is 16.5. The molecule has 6 heteroatoms. The van der Waals surface area contributed by atoms with Gasteiger partial charge in [0.15, 0.2) is 0 Å². The molecule has 0 radical (unpaired) electrons. The van der Waals surface area contributed by atoms with E-state index in [1.54, 1.807) is 13.4 Å². The Balaban J connectivity index is 1.60. The van der Waals surface area contributed by atoms with Gasteiger partial charge >= 0.3 is 0 Å². The number of aromatic amines is 1. The molecule has 0 saturated carbocycles. The number of methoxy groups -OCH3 is 1. The Bertz CT molecular complexity index is 846. The van der Waals surface area contributed by atoms with Crippen LogP contribution in [0.3, 0.4) is 0 Å². The van der Waals surface area contributed by atoms with Gasteiger partial charge in [-0.1, -0.05) is 12.1 Å². The van der Waals surface area contributed by atoms with Gasteiger partial charge in [0.2, 0.25) is 0 Å². The molecule has 1 aliphatic heterocycles. The van der Waals surface area contributed by atoms with Crippen LogP contribution in [0.1, 0.15) is 6.92 Å². The van der Waals surface area contributed by atoms with E-state index in [9.17, 15) is 0 Å². The highest BCUT2D eigenvalue weighted by Gasteiger charge is 2.27. The summed E-state index contributed by atoms with van der Waals surface area (Å²) in [6.45, 7) is 5.01. The van der Waals surface area contributed by atoms with Crippen LogP contribution < -0.4 is 14.5 Å². The lowest BCUT2D eigenvalue weighted by atomic mass is 10.1. The molecule has 0 amide bonds. The van der Waals surface area contributed by atoms with Crippen molar-refractivity contribution in [2.24, 2.45) is 0 Å². The Labute approximate surface area is 141 Å². The van der Waals surface area contributed by atoms with Gasteiger partial charge in [-0.2, -0.15) is 0 Å². The maximum absolute atomic E-state index is 5.51. The van der Waals surface area contributed by atoms with E-state index in [2.05, 4.69) is 43.8 Å². The van der Waals surface area contributed by atoms with Gasteiger partial charge in [0.05, 0.1) is 18.2 Å². The molecule has 6 nitrogen and oxygen atoms in total. The number of nitrogens with zero attached hydrogens (tertiary/aromatic N) is 4. The number of ether oxygens (including phenoxy) is 1. The van der Waals surface area contributed by atoms with Crippen LogP contribution in [0.4, 0.5) is 11.5 Å². The van der Waals surface area contributed by atoms with E-state index in [-0.39, 0.29) is 0 Å². The number of benzene rings is 1. The quantitative estimate of drug-likeness (QED) is 0.803. The number of H-pyrrole nitrogens is 1. The standard InChI is InChI=1S/C18H21N5O/c1-13-11-22(15-5-3-4-6-16(15)24-2)9-10-23(13)18-14-7-8-19-17(14)20-12-21-18/h3-8,12-13H,9-11H2,1-2H3,(H,19,20,21)/t13-/m0/s1. The number of para-hydroxylation sites is 2. The van der Waals surface area contributed by atoms with Crippen molar-refractivity contribution in [2.75, 3.05) is 36.5 Å². The molecule has 1 fully saturated rings. The second kappa shape index (κ2) is 6.03. The first kappa shape index (κ1) is 14.8. The number of anilines is 2. The molecule has 124 valence electrons. The topological polar surface area (TPSA) is 57.3 Å². The van der Waals surface area contributed by atoms with E-state index in [4.69, 9.17) is 4.74 Å². The van der Waals surface area contributed by atoms with Crippen LogP contribution in [0.2, 0.25) is 0 Å². The number of aromatic nitrogens is 3. The largest absolute Gasteiger partial charge is 0.495 e. The molecule has 0 unspecified atom stereocenters. The van der Waals surface area contributed by atoms with E-state index < -0.39 is 0 Å². The van der Waals surface area contributed by atoms with Crippen molar-refractivity contribution in [1.82, 2.24) is 15.0 Å². The summed E-state index contributed by atoms with van der Waals surface area (Å²) >= 11 is 0. The number of nitrogens with one attached hydrogen (secondary N) is 1. The van der Waals surface area contributed by atoms with E-state index >= 15 is 0 Å². The normalized spacial score (nSPS) is 18.2. The van der Waals surface area contributed by atoms with Crippen molar-refractivity contribution < 1.29 is 4.74 Å². The summed E-state index contributed by atoms with van der Waals surface area (Å²) in [5, 5.41) is 1.08. The number of hydrogen-bond acceptors (Lipinski definition) is 5. The van der Waals surface area contributed by atoms with E-state index in [0.29, 0.717) is 6.04 Å². The van der Waals surface area contributed by atoms with Crippen molar-refractivity contribution in [3.8, 4) is 5.75 Å². The maximum Gasteiger partial charge on any atom is 0.142 e. The molecular weight excluding hydrogens is 302 g/mol. The van der Waals surface area contributed by atoms with Gasteiger partial charge in [-0.05, 0) is 25.1 Å². The molecule has 2 aromatic heterocycles. The minimum absolute atomic E-state index is 0.344. The third-order valence-electron chi connectivity index (χ3n) is 4.66. The molecule has 24 heavy (non-hydrogen) atoms. The Hall–Kier alpha value is -2.76. The van der Waals surface area contributed by atoms with Gasteiger partial charge in [-0.3, -0.25) is 0 Å². The highest BCUT2D eigenvalue weighted by Crippen LogP contribution is 2.31. The first-order valence-electron chi connectivity index (χ1n) is 8.20. The third-order valence-corrected chi connectivity index (χ3v) is 4.66. The van der Waals surface area contributed by atoms with Crippen LogP contribution in [-0.2, 0) is 0 Å². The Morgan fingerprint density at radius 1 is 1.17 bits per heavy atom. The molecule has 1 atom stereocenters. The number of piperazine rings is 1. The molecule has 4 rings (SSSR count). The smallest absolute Gasteiger partial charge is 0.142 e. The molecule has 1 aromatic carbocycles. The van der Waals surface area contributed by atoms with Crippen LogP contribution >= 0.6 is 0 Å². The summed E-state index contributed by atoms with van der Waals surface area (Å²) in [6, 6.07) is 10.6. The Morgan fingerprint density at radius 3 is 2.88 bits per heavy atom. The monoisotopic (exact) mass is 323 g/mol. The SMILES string of the molecule is COc1ccccc1N1CCN(c2ncnc3[nH]ccc23)[C@@H](C)C1. The number of fused-ring (bicyclic) bond motifs is 1. The fourth-order valence-corrected chi connectivity index (χ4v) is 3.47. The Morgan fingerprint density at radius 2 is 2.04 bits per heavy atom. The maximum atomic E-state index is 5.51. The van der Waals surface area contributed by atoms with Crippen molar-refractivity contribution in [3.63, 3.8) is 0 Å². The summed E-state index contributed by atoms with van der Waals surface area (Å²) in [4.78, 5) is 16.7. The predicted octanol–water partition coefficient (Wildman–Crippen LogP) is 2.68. The summed E-state index contributed by atoms with van der Waals surface area (Å²) in [5.74, 6) is 1.93. The molecule has 3 aromatic rings. The third kappa shape index (κ3) is 2.44. The molecule has 0 aliphatic carbocycles. The van der Waals surface area contributed by atoms with Crippen molar-refractivity contribution in [2.45, 2.75) is 13.0 Å². The van der Waals surface area contributed by atoms with E-state index in [0.717, 1.165) is 47.9 Å². The van der Waals surface area contributed by atoms with Gasteiger partial charge in [0.25, 0.3) is 0 Å². The van der Waals surface area contributed by atoms with Crippen LogP contribution in [-0.4, -0.2) is 47.7 Å². The predicted molar refractivity (Wildman–Crippen MR) is 95.9 cm³/mol. The van der Waals surface area contributed by atoms with Gasteiger partial charge < -0.3 is 19.5 Å². The molecule has 0 bridgehead atoms. The van der Waals surface area contributed by atoms with Crippen molar-refractivity contribution in [3.05, 3.63) is 42.9 Å². The zero-order valence-corrected chi connectivity index (χ0v) is 13.9. The highest BCUT2D eigenvalue weighted by molar-refractivity contribution is 5.87. The van der Waals surface area contributed by atoms with Crippen molar-refractivity contribution in [1.29, 1.82) is 0 Å². The molecule has 1 saturated heterocycles. The van der Waals surface area contributed by atoms with Crippen molar-refractivity contribution >= 4 is 22.5 Å². The lowest BCUT2D eigenvalue weighted by molar-refractivity contribution is 0.412. The minimum Gasteiger partial charge on any atom is -0.495 e. The van der Waals surface area contributed by atoms with E-state index in [1.165, 1.54) is 0 Å². The summed E-state index contributed by atoms with van der Waals surface area (Å²) in [7, 11) is 1.72. The first-order chi connectivity index (χ1) is 11.8. The van der Waals surface area contributed by atoms with Gasteiger partial charge in [-0.25, -0.2) is 9.97 Å². The van der Waals surface area contributed by atoms with Gasteiger partial charge in [0.1, 0.15) is 23.5 Å². The number of hydrogen-bond donors (Lipinski definition) is 1. The summed E-state index contributed by atoms with van der Waals surface area (Å²) in [6.07, 6.45) is 3.55. The Kier molecular flexibility index (Phi) is 3.72. The lowest BCUT2D eigenvalue weighted by Gasteiger charge is -2.42. The van der Waals surface area contributed by atoms with Crippen LogP contribution in [0.25, 0.3) is 11.0 Å². The number of rotatable bonds is 3. The average molecular weight is 323 g/mol. The lowest BCUT2D eigenvalue weighted by Crippen LogP contribution is -2.52. The average Bonchev–Trinajstić information content (AvgIpc) is 3.10. The zero-order chi connectivity index (χ0) is 16.5. The molecule has 3 heterocycles. The van der Waals surface area contributed by atoms with Crippen LogP contribution in [0.5, 0.6) is 5.75 Å². The van der Waals surface area contributed by atoms with Gasteiger partial charge in [-0.15, -0.1) is 0 Å². The molecule has 1 aliphatic rings.